The van der Waals surface area contributed by atoms with Crippen LogP contribution >= 0.6 is 27.3 Å². The third-order valence-corrected chi connectivity index (χ3v) is 5.52. The predicted octanol–water partition coefficient (Wildman–Crippen LogP) is 3.75. The first-order chi connectivity index (χ1) is 12.9. The van der Waals surface area contributed by atoms with E-state index in [9.17, 15) is 9.59 Å². The van der Waals surface area contributed by atoms with Gasteiger partial charge in [0, 0.05) is 10.0 Å². The number of hydrogen-bond acceptors (Lipinski definition) is 7. The number of thiophene rings is 1. The fourth-order valence-corrected chi connectivity index (χ4v) is 3.60. The monoisotopic (exact) mass is 451 g/mol. The lowest BCUT2D eigenvalue weighted by atomic mass is 10.0. The molecule has 0 radical (unpaired) electrons. The highest BCUT2D eigenvalue weighted by molar-refractivity contribution is 9.10. The van der Waals surface area contributed by atoms with Crippen molar-refractivity contribution in [2.24, 2.45) is 4.99 Å². The van der Waals surface area contributed by atoms with Crippen molar-refractivity contribution in [1.82, 2.24) is 0 Å². The first-order valence-corrected chi connectivity index (χ1v) is 9.99. The third-order valence-electron chi connectivity index (χ3n) is 4.00. The van der Waals surface area contributed by atoms with Crippen LogP contribution in [0.5, 0.6) is 0 Å². The van der Waals surface area contributed by atoms with Crippen molar-refractivity contribution in [2.75, 3.05) is 19.8 Å². The van der Waals surface area contributed by atoms with Crippen LogP contribution in [0, 0.1) is 6.92 Å². The summed E-state index contributed by atoms with van der Waals surface area (Å²) in [5.74, 6) is -0.745. The second-order valence-electron chi connectivity index (χ2n) is 5.97. The molecular weight excluding hydrogens is 434 g/mol. The Kier molecular flexibility index (Phi) is 5.96. The van der Waals surface area contributed by atoms with Crippen LogP contribution in [0.15, 0.2) is 45.2 Å². The molecule has 0 saturated heterocycles. The van der Waals surface area contributed by atoms with E-state index in [0.717, 1.165) is 15.6 Å². The maximum atomic E-state index is 12.6. The Morgan fingerprint density at radius 2 is 2.00 bits per heavy atom. The Hall–Kier alpha value is -2.19. The summed E-state index contributed by atoms with van der Waals surface area (Å²) in [7, 11) is 0. The Balaban J connectivity index is 1.83. The van der Waals surface area contributed by atoms with Crippen LogP contribution in [0.4, 0.5) is 0 Å². The number of esters is 2. The van der Waals surface area contributed by atoms with Crippen molar-refractivity contribution in [3.05, 3.63) is 56.2 Å². The van der Waals surface area contributed by atoms with E-state index in [2.05, 4.69) is 20.9 Å². The second-order valence-corrected chi connectivity index (χ2v) is 7.81. The van der Waals surface area contributed by atoms with E-state index in [1.54, 1.807) is 6.92 Å². The van der Waals surface area contributed by atoms with E-state index in [0.29, 0.717) is 10.8 Å². The van der Waals surface area contributed by atoms with E-state index in [-0.39, 0.29) is 19.8 Å². The number of halogens is 1. The number of benzene rings is 1. The fraction of sp³-hybridized carbons (Fsp3) is 0.316. The highest BCUT2D eigenvalue weighted by Crippen LogP contribution is 2.26. The zero-order valence-electron chi connectivity index (χ0n) is 14.9. The molecule has 1 aromatic carbocycles. The van der Waals surface area contributed by atoms with Gasteiger partial charge in [0.2, 0.25) is 11.4 Å². The highest BCUT2D eigenvalue weighted by Gasteiger charge is 2.47. The summed E-state index contributed by atoms with van der Waals surface area (Å²) < 4.78 is 17.1. The number of nitrogens with zero attached hydrogens (tertiary/aromatic N) is 1. The summed E-state index contributed by atoms with van der Waals surface area (Å²) in [6.07, 6.45) is 0. The van der Waals surface area contributed by atoms with Gasteiger partial charge >= 0.3 is 11.9 Å². The van der Waals surface area contributed by atoms with Gasteiger partial charge in [-0.05, 0) is 55.1 Å². The zero-order valence-corrected chi connectivity index (χ0v) is 17.3. The normalized spacial score (nSPS) is 18.6. The summed E-state index contributed by atoms with van der Waals surface area (Å²) in [6, 6.07) is 9.19. The van der Waals surface area contributed by atoms with Crippen LogP contribution in [-0.4, -0.2) is 43.2 Å². The Labute approximate surface area is 169 Å². The molecule has 142 valence electrons. The number of rotatable bonds is 6. The standard InChI is InChI=1S/C19H18BrNO5S/c1-3-24-18(23)19(11-26-17(22)15-12(2)8-9-27-15)10-25-16(21-19)13-4-6-14(20)7-5-13/h4-9H,3,10-11H2,1-2H3/t19-/m0/s1. The number of aryl methyl sites for hydroxylation is 1. The minimum Gasteiger partial charge on any atom is -0.474 e. The van der Waals surface area contributed by atoms with Crippen molar-refractivity contribution in [1.29, 1.82) is 0 Å². The van der Waals surface area contributed by atoms with Gasteiger partial charge in [0.1, 0.15) is 18.1 Å². The van der Waals surface area contributed by atoms with Crippen LogP contribution in [0.1, 0.15) is 27.7 Å². The third kappa shape index (κ3) is 4.22. The predicted molar refractivity (Wildman–Crippen MR) is 105 cm³/mol. The Morgan fingerprint density at radius 1 is 1.26 bits per heavy atom. The smallest absolute Gasteiger partial charge is 0.348 e. The van der Waals surface area contributed by atoms with Crippen LogP contribution in [0.3, 0.4) is 0 Å². The van der Waals surface area contributed by atoms with Gasteiger partial charge < -0.3 is 14.2 Å². The van der Waals surface area contributed by atoms with Crippen LogP contribution in [-0.2, 0) is 19.0 Å². The largest absolute Gasteiger partial charge is 0.474 e. The van der Waals surface area contributed by atoms with Gasteiger partial charge in [0.05, 0.1) is 6.61 Å². The second kappa shape index (κ2) is 8.22. The van der Waals surface area contributed by atoms with Gasteiger partial charge in [-0.25, -0.2) is 14.6 Å². The lowest BCUT2D eigenvalue weighted by Crippen LogP contribution is -2.45. The average molecular weight is 452 g/mol. The van der Waals surface area contributed by atoms with Crippen molar-refractivity contribution in [3.8, 4) is 0 Å². The zero-order chi connectivity index (χ0) is 19.4. The van der Waals surface area contributed by atoms with Crippen LogP contribution in [0.25, 0.3) is 0 Å². The maximum Gasteiger partial charge on any atom is 0.348 e. The average Bonchev–Trinajstić information content (AvgIpc) is 3.28. The fourth-order valence-electron chi connectivity index (χ4n) is 2.52. The first kappa shape index (κ1) is 19.6. The Bertz CT molecular complexity index is 876. The summed E-state index contributed by atoms with van der Waals surface area (Å²) >= 11 is 4.67. The molecule has 0 N–H and O–H groups in total. The van der Waals surface area contributed by atoms with E-state index in [1.165, 1.54) is 11.3 Å². The van der Waals surface area contributed by atoms with Crippen molar-refractivity contribution in [3.63, 3.8) is 0 Å². The number of aliphatic imine (C=N–C) groups is 1. The molecule has 0 bridgehead atoms. The molecule has 1 aliphatic heterocycles. The van der Waals surface area contributed by atoms with Crippen molar-refractivity contribution >= 4 is 45.1 Å². The minimum absolute atomic E-state index is 0.0477. The van der Waals surface area contributed by atoms with E-state index in [1.807, 2.05) is 42.6 Å². The molecule has 6 nitrogen and oxygen atoms in total. The molecule has 1 aromatic heterocycles. The lowest BCUT2D eigenvalue weighted by molar-refractivity contribution is -0.151. The topological polar surface area (TPSA) is 74.2 Å². The molecule has 0 unspecified atom stereocenters. The van der Waals surface area contributed by atoms with E-state index < -0.39 is 17.5 Å². The molecular formula is C19H18BrNO5S. The molecule has 27 heavy (non-hydrogen) atoms. The quantitative estimate of drug-likeness (QED) is 0.625. The summed E-state index contributed by atoms with van der Waals surface area (Å²) in [4.78, 5) is 29.8. The molecule has 0 aliphatic carbocycles. The van der Waals surface area contributed by atoms with Gasteiger partial charge in [-0.15, -0.1) is 11.3 Å². The molecule has 0 fully saturated rings. The summed E-state index contributed by atoms with van der Waals surface area (Å²) in [5, 5.41) is 1.81. The van der Waals surface area contributed by atoms with Crippen LogP contribution in [0.2, 0.25) is 0 Å². The van der Waals surface area contributed by atoms with Gasteiger partial charge in [0.25, 0.3) is 0 Å². The van der Waals surface area contributed by atoms with Gasteiger partial charge in [0.15, 0.2) is 0 Å². The molecule has 0 amide bonds. The molecule has 2 heterocycles. The number of carbonyl (C=O) groups is 2. The Morgan fingerprint density at radius 3 is 2.63 bits per heavy atom. The van der Waals surface area contributed by atoms with Gasteiger partial charge in [-0.1, -0.05) is 15.9 Å². The molecule has 1 aliphatic rings. The van der Waals surface area contributed by atoms with Gasteiger partial charge in [-0.2, -0.15) is 0 Å². The van der Waals surface area contributed by atoms with Crippen LogP contribution < -0.4 is 0 Å². The van der Waals surface area contributed by atoms with Gasteiger partial charge in [-0.3, -0.25) is 0 Å². The van der Waals surface area contributed by atoms with Crippen molar-refractivity contribution in [2.45, 2.75) is 19.4 Å². The molecule has 2 aromatic rings. The molecule has 3 rings (SSSR count). The number of hydrogen-bond donors (Lipinski definition) is 0. The van der Waals surface area contributed by atoms with E-state index in [4.69, 9.17) is 14.2 Å². The molecule has 0 spiro atoms. The SMILES string of the molecule is CCOC(=O)[C@@]1(COC(=O)c2sccc2C)COC(c2ccc(Br)cc2)=N1. The summed E-state index contributed by atoms with van der Waals surface area (Å²) in [5.41, 5.74) is 0.154. The lowest BCUT2D eigenvalue weighted by Gasteiger charge is -2.21. The number of ether oxygens (including phenoxy) is 3. The minimum atomic E-state index is -1.40. The number of carbonyl (C=O) groups excluding carboxylic acids is 2. The molecule has 0 saturated carbocycles. The maximum absolute atomic E-state index is 12.6. The molecule has 1 atom stereocenters. The highest BCUT2D eigenvalue weighted by atomic mass is 79.9. The van der Waals surface area contributed by atoms with Crippen molar-refractivity contribution < 1.29 is 23.8 Å². The first-order valence-electron chi connectivity index (χ1n) is 8.32. The van der Waals surface area contributed by atoms with E-state index >= 15 is 0 Å². The summed E-state index contributed by atoms with van der Waals surface area (Å²) in [6.45, 7) is 3.44. The molecule has 8 heteroatoms.